The second-order valence-corrected chi connectivity index (χ2v) is 9.75. The van der Waals surface area contributed by atoms with Gasteiger partial charge in [0.1, 0.15) is 4.90 Å². The normalized spacial score (nSPS) is 13.6. The van der Waals surface area contributed by atoms with Gasteiger partial charge in [-0.15, -0.1) is 0 Å². The molecule has 1 N–H and O–H groups in total. The van der Waals surface area contributed by atoms with Gasteiger partial charge < -0.3 is 4.90 Å². The van der Waals surface area contributed by atoms with E-state index >= 15 is 0 Å². The average Bonchev–Trinajstić information content (AvgIpc) is 2.76. The van der Waals surface area contributed by atoms with Gasteiger partial charge in [0.25, 0.3) is 15.9 Å². The molecule has 3 aromatic rings. The Kier molecular flexibility index (Phi) is 5.77. The van der Waals surface area contributed by atoms with E-state index in [1.54, 1.807) is 23.1 Å². The van der Waals surface area contributed by atoms with Crippen LogP contribution in [0.15, 0.2) is 65.6 Å². The topological polar surface area (TPSA) is 66.5 Å². The Morgan fingerprint density at radius 2 is 1.81 bits per heavy atom. The van der Waals surface area contributed by atoms with Gasteiger partial charge in [-0.25, -0.2) is 8.42 Å². The number of rotatable bonds is 4. The van der Waals surface area contributed by atoms with Crippen LogP contribution >= 0.6 is 11.6 Å². The monoisotopic (exact) mass is 454 g/mol. The highest BCUT2D eigenvalue weighted by Crippen LogP contribution is 2.31. The highest BCUT2D eigenvalue weighted by molar-refractivity contribution is 7.92. The summed E-state index contributed by atoms with van der Waals surface area (Å²) in [6, 6.07) is 17.6. The molecule has 0 atom stereocenters. The molecule has 0 saturated carbocycles. The van der Waals surface area contributed by atoms with E-state index in [4.69, 9.17) is 11.6 Å². The maximum Gasteiger partial charge on any atom is 0.263 e. The fourth-order valence-corrected chi connectivity index (χ4v) is 5.45. The summed E-state index contributed by atoms with van der Waals surface area (Å²) >= 11 is 6.25. The van der Waals surface area contributed by atoms with Crippen LogP contribution in [-0.2, 0) is 16.4 Å². The molecule has 1 aliphatic rings. The third-order valence-corrected chi connectivity index (χ3v) is 7.52. The third kappa shape index (κ3) is 4.18. The summed E-state index contributed by atoms with van der Waals surface area (Å²) in [6.07, 6.45) is 1.77. The fourth-order valence-electron chi connectivity index (χ4n) is 3.80. The van der Waals surface area contributed by atoms with Gasteiger partial charge in [0, 0.05) is 17.8 Å². The standard InChI is InChI=1S/C24H23ClN2O3S/c1-16-7-5-10-21(17(16)2)26-31(29,30)23-15-19(12-13-20(23)25)24(28)27-14-6-9-18-8-3-4-11-22(18)27/h3-5,7-8,10-13,15,26H,6,9,14H2,1-2H3. The van der Waals surface area contributed by atoms with Crippen molar-refractivity contribution in [2.75, 3.05) is 16.2 Å². The first-order chi connectivity index (χ1) is 14.8. The van der Waals surface area contributed by atoms with E-state index in [2.05, 4.69) is 4.72 Å². The van der Waals surface area contributed by atoms with E-state index in [0.717, 1.165) is 35.2 Å². The first-order valence-corrected chi connectivity index (χ1v) is 11.9. The van der Waals surface area contributed by atoms with Crippen LogP contribution in [0.4, 0.5) is 11.4 Å². The molecule has 1 amide bonds. The van der Waals surface area contributed by atoms with Gasteiger partial charge in [-0.05, 0) is 73.7 Å². The van der Waals surface area contributed by atoms with E-state index in [1.165, 1.54) is 12.1 Å². The van der Waals surface area contributed by atoms with Crippen molar-refractivity contribution in [1.82, 2.24) is 0 Å². The number of carbonyl (C=O) groups excluding carboxylic acids is 1. The minimum Gasteiger partial charge on any atom is -0.308 e. The minimum absolute atomic E-state index is 0.0633. The molecule has 0 aliphatic carbocycles. The van der Waals surface area contributed by atoms with Gasteiger partial charge in [-0.2, -0.15) is 0 Å². The van der Waals surface area contributed by atoms with Gasteiger partial charge in [0.05, 0.1) is 10.7 Å². The molecule has 1 heterocycles. The van der Waals surface area contributed by atoms with E-state index in [0.29, 0.717) is 12.2 Å². The molecule has 160 valence electrons. The number of amides is 1. The summed E-state index contributed by atoms with van der Waals surface area (Å²) in [6.45, 7) is 4.35. The number of hydrogen-bond acceptors (Lipinski definition) is 3. The van der Waals surface area contributed by atoms with E-state index in [-0.39, 0.29) is 21.4 Å². The van der Waals surface area contributed by atoms with E-state index in [1.807, 2.05) is 44.2 Å². The van der Waals surface area contributed by atoms with Gasteiger partial charge in [-0.3, -0.25) is 9.52 Å². The zero-order chi connectivity index (χ0) is 22.2. The minimum atomic E-state index is -3.98. The van der Waals surface area contributed by atoms with Crippen molar-refractivity contribution in [1.29, 1.82) is 0 Å². The van der Waals surface area contributed by atoms with Gasteiger partial charge in [0.2, 0.25) is 0 Å². The van der Waals surface area contributed by atoms with Crippen LogP contribution in [0, 0.1) is 13.8 Å². The lowest BCUT2D eigenvalue weighted by molar-refractivity contribution is 0.0985. The number of aryl methyl sites for hydroxylation is 2. The van der Waals surface area contributed by atoms with Gasteiger partial charge in [0.15, 0.2) is 0 Å². The molecule has 0 fully saturated rings. The molecule has 3 aromatic carbocycles. The van der Waals surface area contributed by atoms with Crippen molar-refractivity contribution in [3.05, 3.63) is 87.9 Å². The fraction of sp³-hybridized carbons (Fsp3) is 0.208. The Labute approximate surface area is 187 Å². The maximum atomic E-state index is 13.3. The summed E-state index contributed by atoms with van der Waals surface area (Å²) in [5.41, 5.74) is 4.55. The largest absolute Gasteiger partial charge is 0.308 e. The van der Waals surface area contributed by atoms with Crippen molar-refractivity contribution >= 4 is 38.9 Å². The number of hydrogen-bond donors (Lipinski definition) is 1. The maximum absolute atomic E-state index is 13.3. The molecule has 1 aliphatic heterocycles. The van der Waals surface area contributed by atoms with Crippen molar-refractivity contribution in [3.63, 3.8) is 0 Å². The summed E-state index contributed by atoms with van der Waals surface area (Å²) in [4.78, 5) is 14.9. The molecule has 0 aromatic heterocycles. The Balaban J connectivity index is 1.69. The second-order valence-electron chi connectivity index (χ2n) is 7.69. The Morgan fingerprint density at radius 1 is 1.03 bits per heavy atom. The zero-order valence-electron chi connectivity index (χ0n) is 17.4. The lowest BCUT2D eigenvalue weighted by Crippen LogP contribution is -2.35. The number of para-hydroxylation sites is 1. The van der Waals surface area contributed by atoms with Crippen LogP contribution in [0.25, 0.3) is 0 Å². The molecule has 7 heteroatoms. The number of nitrogens with zero attached hydrogens (tertiary/aromatic N) is 1. The summed E-state index contributed by atoms with van der Waals surface area (Å²) < 4.78 is 28.8. The first kappa shape index (κ1) is 21.4. The van der Waals surface area contributed by atoms with Crippen molar-refractivity contribution in [2.24, 2.45) is 0 Å². The first-order valence-electron chi connectivity index (χ1n) is 10.1. The van der Waals surface area contributed by atoms with Crippen molar-refractivity contribution in [3.8, 4) is 0 Å². The molecule has 31 heavy (non-hydrogen) atoms. The number of anilines is 2. The van der Waals surface area contributed by atoms with Crippen LogP contribution in [0.3, 0.4) is 0 Å². The predicted molar refractivity (Wildman–Crippen MR) is 125 cm³/mol. The van der Waals surface area contributed by atoms with Crippen molar-refractivity contribution in [2.45, 2.75) is 31.6 Å². The molecule has 5 nitrogen and oxygen atoms in total. The SMILES string of the molecule is Cc1cccc(NS(=O)(=O)c2cc(C(=O)N3CCCc4ccccc43)ccc2Cl)c1C. The predicted octanol–water partition coefficient (Wildman–Crippen LogP) is 5.35. The number of fused-ring (bicyclic) bond motifs is 1. The molecule has 0 saturated heterocycles. The lowest BCUT2D eigenvalue weighted by atomic mass is 10.0. The van der Waals surface area contributed by atoms with Crippen LogP contribution in [0.5, 0.6) is 0 Å². The Morgan fingerprint density at radius 3 is 2.61 bits per heavy atom. The second kappa shape index (κ2) is 8.36. The third-order valence-electron chi connectivity index (χ3n) is 5.67. The highest BCUT2D eigenvalue weighted by Gasteiger charge is 2.26. The molecule has 0 unspecified atom stereocenters. The molecular formula is C24H23ClN2O3S. The summed E-state index contributed by atoms with van der Waals surface area (Å²) in [5.74, 6) is -0.244. The summed E-state index contributed by atoms with van der Waals surface area (Å²) in [7, 11) is -3.98. The molecule has 0 spiro atoms. The average molecular weight is 455 g/mol. The van der Waals surface area contributed by atoms with Crippen LogP contribution in [0.2, 0.25) is 5.02 Å². The van der Waals surface area contributed by atoms with Crippen LogP contribution in [-0.4, -0.2) is 20.9 Å². The van der Waals surface area contributed by atoms with Crippen molar-refractivity contribution < 1.29 is 13.2 Å². The van der Waals surface area contributed by atoms with Gasteiger partial charge in [-0.1, -0.05) is 41.9 Å². The number of nitrogens with one attached hydrogen (secondary N) is 1. The molecular weight excluding hydrogens is 432 g/mol. The number of halogens is 1. The molecule has 0 radical (unpaired) electrons. The summed E-state index contributed by atoms with van der Waals surface area (Å²) in [5, 5.41) is 0.0633. The van der Waals surface area contributed by atoms with Crippen LogP contribution in [0.1, 0.15) is 33.5 Å². The highest BCUT2D eigenvalue weighted by atomic mass is 35.5. The van der Waals surface area contributed by atoms with Gasteiger partial charge >= 0.3 is 0 Å². The Bertz CT molecular complexity index is 1270. The molecule has 0 bridgehead atoms. The van der Waals surface area contributed by atoms with E-state index in [9.17, 15) is 13.2 Å². The molecule has 4 rings (SSSR count). The Hall–Kier alpha value is -2.83. The number of benzene rings is 3. The van der Waals surface area contributed by atoms with Crippen LogP contribution < -0.4 is 9.62 Å². The smallest absolute Gasteiger partial charge is 0.263 e. The van der Waals surface area contributed by atoms with E-state index < -0.39 is 10.0 Å². The number of carbonyl (C=O) groups is 1. The quantitative estimate of drug-likeness (QED) is 0.577. The number of sulfonamides is 1. The zero-order valence-corrected chi connectivity index (χ0v) is 18.9. The lowest BCUT2D eigenvalue weighted by Gasteiger charge is -2.29.